The summed E-state index contributed by atoms with van der Waals surface area (Å²) in [6.07, 6.45) is 0.212. The van der Waals surface area contributed by atoms with E-state index in [-0.39, 0.29) is 18.2 Å². The Bertz CT molecular complexity index is 856. The molecule has 26 heavy (non-hydrogen) atoms. The lowest BCUT2D eigenvalue weighted by molar-refractivity contribution is -0.143. The van der Waals surface area contributed by atoms with Gasteiger partial charge >= 0.3 is 0 Å². The monoisotopic (exact) mass is 348 g/mol. The minimum atomic E-state index is -0.865. The maximum Gasteiger partial charge on any atom is 0.245 e. The van der Waals surface area contributed by atoms with Gasteiger partial charge in [0, 0.05) is 19.5 Å². The first kappa shape index (κ1) is 15.7. The molecule has 2 aliphatic heterocycles. The van der Waals surface area contributed by atoms with Crippen LogP contribution in [0.4, 0.5) is 0 Å². The molecule has 0 saturated carbocycles. The lowest BCUT2D eigenvalue weighted by Gasteiger charge is -2.31. The second-order valence-corrected chi connectivity index (χ2v) is 7.17. The Morgan fingerprint density at radius 1 is 0.885 bits per heavy atom. The van der Waals surface area contributed by atoms with Gasteiger partial charge in [0.15, 0.2) is 0 Å². The third-order valence-electron chi connectivity index (χ3n) is 5.84. The van der Waals surface area contributed by atoms with Crippen LogP contribution in [-0.4, -0.2) is 54.6 Å². The van der Waals surface area contributed by atoms with Crippen molar-refractivity contribution in [2.75, 3.05) is 33.0 Å². The number of carbonyl (C=O) groups excluding carboxylic acids is 2. The second-order valence-electron chi connectivity index (χ2n) is 7.17. The van der Waals surface area contributed by atoms with Crippen molar-refractivity contribution in [3.05, 3.63) is 59.7 Å². The standard InChI is InChI=1S/C21H20N2O3/c24-19-13-21(20(25)23(19)14-22-9-11-26-12-10-22)17-7-3-1-5-15(17)16-6-2-4-8-18(16)21/h1-8H,9-14H2. The molecule has 5 nitrogen and oxygen atoms in total. The molecule has 2 fully saturated rings. The highest BCUT2D eigenvalue weighted by molar-refractivity contribution is 6.14. The van der Waals surface area contributed by atoms with Gasteiger partial charge < -0.3 is 4.74 Å². The Balaban J connectivity index is 1.59. The van der Waals surface area contributed by atoms with Crippen LogP contribution in [0.25, 0.3) is 11.1 Å². The Labute approximate surface area is 152 Å². The van der Waals surface area contributed by atoms with Gasteiger partial charge in [0.05, 0.1) is 19.9 Å². The predicted octanol–water partition coefficient (Wildman–Crippen LogP) is 2.00. The van der Waals surface area contributed by atoms with Crippen LogP contribution in [0.2, 0.25) is 0 Å². The maximum atomic E-state index is 13.6. The number of likely N-dealkylation sites (tertiary alicyclic amines) is 1. The average Bonchev–Trinajstić information content (AvgIpc) is 3.11. The maximum absolute atomic E-state index is 13.6. The molecule has 132 valence electrons. The summed E-state index contributed by atoms with van der Waals surface area (Å²) in [6, 6.07) is 16.0. The summed E-state index contributed by atoms with van der Waals surface area (Å²) in [5, 5.41) is 0. The molecule has 2 aromatic carbocycles. The van der Waals surface area contributed by atoms with Crippen LogP contribution in [0.3, 0.4) is 0 Å². The molecule has 0 radical (unpaired) electrons. The van der Waals surface area contributed by atoms with E-state index < -0.39 is 5.41 Å². The summed E-state index contributed by atoms with van der Waals surface area (Å²) >= 11 is 0. The van der Waals surface area contributed by atoms with E-state index in [0.29, 0.717) is 19.9 Å². The van der Waals surface area contributed by atoms with Gasteiger partial charge in [-0.3, -0.25) is 19.4 Å². The van der Waals surface area contributed by atoms with Crippen molar-refractivity contribution in [3.63, 3.8) is 0 Å². The molecule has 0 unspecified atom stereocenters. The predicted molar refractivity (Wildman–Crippen MR) is 96.4 cm³/mol. The van der Waals surface area contributed by atoms with Gasteiger partial charge in [0.2, 0.25) is 11.8 Å². The number of benzene rings is 2. The van der Waals surface area contributed by atoms with Crippen molar-refractivity contribution < 1.29 is 14.3 Å². The first-order valence-corrected chi connectivity index (χ1v) is 9.06. The van der Waals surface area contributed by atoms with Gasteiger partial charge in [-0.05, 0) is 22.3 Å². The quantitative estimate of drug-likeness (QED) is 0.779. The molecule has 0 aromatic heterocycles. The summed E-state index contributed by atoms with van der Waals surface area (Å²) in [5.41, 5.74) is 3.19. The molecule has 2 heterocycles. The highest BCUT2D eigenvalue weighted by Gasteiger charge is 2.58. The van der Waals surface area contributed by atoms with Gasteiger partial charge in [-0.2, -0.15) is 0 Å². The van der Waals surface area contributed by atoms with Crippen molar-refractivity contribution in [1.29, 1.82) is 0 Å². The van der Waals surface area contributed by atoms with E-state index in [9.17, 15) is 9.59 Å². The smallest absolute Gasteiger partial charge is 0.245 e. The topological polar surface area (TPSA) is 49.9 Å². The Kier molecular flexibility index (Phi) is 3.48. The van der Waals surface area contributed by atoms with Crippen molar-refractivity contribution in [2.24, 2.45) is 0 Å². The minimum absolute atomic E-state index is 0.0898. The highest BCUT2D eigenvalue weighted by Crippen LogP contribution is 2.54. The zero-order valence-electron chi connectivity index (χ0n) is 14.5. The fourth-order valence-electron chi connectivity index (χ4n) is 4.57. The Morgan fingerprint density at radius 3 is 2.08 bits per heavy atom. The molecule has 1 aliphatic carbocycles. The van der Waals surface area contributed by atoms with Crippen LogP contribution in [0.5, 0.6) is 0 Å². The first-order valence-electron chi connectivity index (χ1n) is 9.06. The van der Waals surface area contributed by atoms with Crippen LogP contribution < -0.4 is 0 Å². The zero-order valence-corrected chi connectivity index (χ0v) is 14.5. The fraction of sp³-hybridized carbons (Fsp3) is 0.333. The summed E-state index contributed by atoms with van der Waals surface area (Å²) in [4.78, 5) is 30.0. The number of imide groups is 1. The van der Waals surface area contributed by atoms with E-state index in [2.05, 4.69) is 4.90 Å². The third kappa shape index (κ3) is 2.04. The number of amides is 2. The third-order valence-corrected chi connectivity index (χ3v) is 5.84. The number of hydrogen-bond acceptors (Lipinski definition) is 4. The van der Waals surface area contributed by atoms with Crippen LogP contribution in [0.1, 0.15) is 17.5 Å². The van der Waals surface area contributed by atoms with Crippen LogP contribution in [0.15, 0.2) is 48.5 Å². The number of carbonyl (C=O) groups is 2. The number of hydrogen-bond donors (Lipinski definition) is 0. The second kappa shape index (κ2) is 5.76. The van der Waals surface area contributed by atoms with E-state index in [1.165, 1.54) is 4.90 Å². The number of ether oxygens (including phenoxy) is 1. The molecular weight excluding hydrogens is 328 g/mol. The number of rotatable bonds is 2. The first-order chi connectivity index (χ1) is 12.7. The van der Waals surface area contributed by atoms with Gasteiger partial charge in [0.1, 0.15) is 5.41 Å². The van der Waals surface area contributed by atoms with Gasteiger partial charge in [-0.1, -0.05) is 48.5 Å². The summed E-state index contributed by atoms with van der Waals surface area (Å²) in [6.45, 7) is 3.14. The summed E-state index contributed by atoms with van der Waals surface area (Å²) in [5.74, 6) is -0.181. The van der Waals surface area contributed by atoms with E-state index in [0.717, 1.165) is 35.3 Å². The van der Waals surface area contributed by atoms with Gasteiger partial charge in [-0.15, -0.1) is 0 Å². The van der Waals surface area contributed by atoms with Gasteiger partial charge in [0.25, 0.3) is 0 Å². The lowest BCUT2D eigenvalue weighted by atomic mass is 9.77. The van der Waals surface area contributed by atoms with E-state index in [4.69, 9.17) is 4.74 Å². The summed E-state index contributed by atoms with van der Waals surface area (Å²) < 4.78 is 5.37. The molecule has 0 N–H and O–H groups in total. The minimum Gasteiger partial charge on any atom is -0.379 e. The molecular formula is C21H20N2O3. The molecule has 2 saturated heterocycles. The number of morpholine rings is 1. The van der Waals surface area contributed by atoms with Crippen molar-refractivity contribution >= 4 is 11.8 Å². The molecule has 3 aliphatic rings. The van der Waals surface area contributed by atoms with Gasteiger partial charge in [-0.25, -0.2) is 0 Å². The molecule has 0 bridgehead atoms. The van der Waals surface area contributed by atoms with Crippen LogP contribution in [0, 0.1) is 0 Å². The SMILES string of the molecule is O=C1CC2(C(=O)N1CN1CCOCC1)c1ccccc1-c1ccccc12. The van der Waals surface area contributed by atoms with Crippen molar-refractivity contribution in [1.82, 2.24) is 9.80 Å². The lowest BCUT2D eigenvalue weighted by Crippen LogP contribution is -2.47. The van der Waals surface area contributed by atoms with Crippen LogP contribution in [-0.2, 0) is 19.7 Å². The normalized spacial score (nSPS) is 21.3. The number of fused-ring (bicyclic) bond motifs is 5. The van der Waals surface area contributed by atoms with Crippen LogP contribution >= 0.6 is 0 Å². The Hall–Kier alpha value is -2.50. The average molecular weight is 348 g/mol. The molecule has 2 aromatic rings. The summed E-state index contributed by atoms with van der Waals surface area (Å²) in [7, 11) is 0. The van der Waals surface area contributed by atoms with Crippen molar-refractivity contribution in [2.45, 2.75) is 11.8 Å². The molecule has 0 atom stereocenters. The number of nitrogens with zero attached hydrogens (tertiary/aromatic N) is 2. The molecule has 2 amide bonds. The van der Waals surface area contributed by atoms with E-state index in [1.54, 1.807) is 0 Å². The van der Waals surface area contributed by atoms with Crippen molar-refractivity contribution in [3.8, 4) is 11.1 Å². The largest absolute Gasteiger partial charge is 0.379 e. The van der Waals surface area contributed by atoms with E-state index in [1.807, 2.05) is 48.5 Å². The highest BCUT2D eigenvalue weighted by atomic mass is 16.5. The van der Waals surface area contributed by atoms with E-state index >= 15 is 0 Å². The Morgan fingerprint density at radius 2 is 1.46 bits per heavy atom. The fourth-order valence-corrected chi connectivity index (χ4v) is 4.57. The molecule has 5 heteroatoms. The zero-order chi connectivity index (χ0) is 17.7. The molecule has 5 rings (SSSR count). The molecule has 1 spiro atoms.